The van der Waals surface area contributed by atoms with Crippen LogP contribution in [0.15, 0.2) is 0 Å². The Morgan fingerprint density at radius 3 is 2.41 bits per heavy atom. The number of hydrogen-bond donors (Lipinski definition) is 1. The summed E-state index contributed by atoms with van der Waals surface area (Å²) in [6.45, 7) is 0.234. The third-order valence-electron chi connectivity index (χ3n) is 3.26. The first-order valence-corrected chi connectivity index (χ1v) is 5.82. The van der Waals surface area contributed by atoms with Gasteiger partial charge in [-0.25, -0.2) is 0 Å². The van der Waals surface area contributed by atoms with Gasteiger partial charge in [-0.3, -0.25) is 9.69 Å². The summed E-state index contributed by atoms with van der Waals surface area (Å²) in [6.07, 6.45) is -0.913. The van der Waals surface area contributed by atoms with Gasteiger partial charge in [0.15, 0.2) is 0 Å². The quantitative estimate of drug-likeness (QED) is 0.837. The van der Waals surface area contributed by atoms with Crippen LogP contribution in [0, 0.1) is 5.92 Å². The zero-order valence-corrected chi connectivity index (χ0v) is 9.83. The average Bonchev–Trinajstić information content (AvgIpc) is 2.14. The van der Waals surface area contributed by atoms with E-state index in [2.05, 4.69) is 0 Å². The minimum Gasteiger partial charge on any atom is -0.480 e. The van der Waals surface area contributed by atoms with Crippen LogP contribution in [0.2, 0.25) is 0 Å². The van der Waals surface area contributed by atoms with Crippen molar-refractivity contribution in [2.75, 3.05) is 13.1 Å². The molecule has 3 nitrogen and oxygen atoms in total. The number of rotatable bonds is 4. The second-order valence-electron chi connectivity index (χ2n) is 4.74. The van der Waals surface area contributed by atoms with Gasteiger partial charge in [-0.15, -0.1) is 0 Å². The molecule has 2 unspecified atom stereocenters. The zero-order valence-electron chi connectivity index (χ0n) is 9.83. The molecule has 1 aliphatic carbocycles. The summed E-state index contributed by atoms with van der Waals surface area (Å²) in [5.41, 5.74) is 0. The van der Waals surface area contributed by atoms with Crippen LogP contribution in [0.4, 0.5) is 13.2 Å². The second-order valence-corrected chi connectivity index (χ2v) is 4.74. The lowest BCUT2D eigenvalue weighted by molar-refractivity contribution is -0.161. The Kier molecular flexibility index (Phi) is 4.80. The maximum Gasteiger partial charge on any atom is 0.401 e. The fraction of sp³-hybridized carbons (Fsp3) is 0.909. The Morgan fingerprint density at radius 1 is 1.35 bits per heavy atom. The number of aliphatic carboxylic acids is 1. The Bertz CT molecular complexity index is 268. The molecule has 0 aromatic heterocycles. The highest BCUT2D eigenvalue weighted by atomic mass is 19.4. The van der Waals surface area contributed by atoms with Crippen LogP contribution >= 0.6 is 0 Å². The van der Waals surface area contributed by atoms with E-state index in [1.165, 1.54) is 0 Å². The van der Waals surface area contributed by atoms with E-state index < -0.39 is 25.2 Å². The minimum absolute atomic E-state index is 0.130. The Morgan fingerprint density at radius 2 is 1.94 bits per heavy atom. The van der Waals surface area contributed by atoms with Gasteiger partial charge in [0, 0.05) is 6.04 Å². The van der Waals surface area contributed by atoms with Crippen molar-refractivity contribution in [1.29, 1.82) is 0 Å². The first kappa shape index (κ1) is 14.3. The summed E-state index contributed by atoms with van der Waals surface area (Å²) in [5.74, 6) is -1.07. The lowest BCUT2D eigenvalue weighted by atomic mass is 9.85. The fourth-order valence-corrected chi connectivity index (χ4v) is 2.53. The van der Waals surface area contributed by atoms with E-state index in [-0.39, 0.29) is 12.0 Å². The Labute approximate surface area is 98.6 Å². The molecule has 0 bridgehead atoms. The number of carboxylic acid groups (broad SMARTS) is 1. The van der Waals surface area contributed by atoms with Crippen LogP contribution in [-0.4, -0.2) is 41.3 Å². The summed E-state index contributed by atoms with van der Waals surface area (Å²) in [5, 5.41) is 8.69. The molecule has 1 fully saturated rings. The first-order valence-electron chi connectivity index (χ1n) is 5.82. The standard InChI is InChI=1S/C11H18F3NO2/c1-8-4-2-3-5-9(8)15(6-10(16)17)7-11(12,13)14/h8-9H,2-7H2,1H3,(H,16,17). The van der Waals surface area contributed by atoms with Crippen molar-refractivity contribution in [3.05, 3.63) is 0 Å². The molecule has 0 aliphatic heterocycles. The Hall–Kier alpha value is -0.780. The van der Waals surface area contributed by atoms with Crippen LogP contribution in [-0.2, 0) is 4.79 Å². The largest absolute Gasteiger partial charge is 0.480 e. The van der Waals surface area contributed by atoms with Crippen LogP contribution in [0.5, 0.6) is 0 Å². The van der Waals surface area contributed by atoms with Gasteiger partial charge in [-0.2, -0.15) is 13.2 Å². The number of nitrogens with zero attached hydrogens (tertiary/aromatic N) is 1. The topological polar surface area (TPSA) is 40.5 Å². The van der Waals surface area contributed by atoms with E-state index >= 15 is 0 Å². The van der Waals surface area contributed by atoms with E-state index in [0.717, 1.165) is 24.2 Å². The lowest BCUT2D eigenvalue weighted by Crippen LogP contribution is -2.48. The number of carboxylic acids is 1. The smallest absolute Gasteiger partial charge is 0.401 e. The van der Waals surface area contributed by atoms with E-state index in [0.29, 0.717) is 6.42 Å². The van der Waals surface area contributed by atoms with Crippen LogP contribution in [0.25, 0.3) is 0 Å². The molecule has 17 heavy (non-hydrogen) atoms. The number of carbonyl (C=O) groups is 1. The molecule has 0 aromatic carbocycles. The van der Waals surface area contributed by atoms with Gasteiger partial charge in [0.1, 0.15) is 0 Å². The molecular formula is C11H18F3NO2. The van der Waals surface area contributed by atoms with Gasteiger partial charge in [0.2, 0.25) is 0 Å². The van der Waals surface area contributed by atoms with Crippen molar-refractivity contribution >= 4 is 5.97 Å². The molecule has 1 saturated carbocycles. The summed E-state index contributed by atoms with van der Waals surface area (Å²) in [6, 6.07) is -0.263. The summed E-state index contributed by atoms with van der Waals surface area (Å²) < 4.78 is 37.2. The van der Waals surface area contributed by atoms with Gasteiger partial charge in [0.05, 0.1) is 13.1 Å². The molecule has 0 spiro atoms. The van der Waals surface area contributed by atoms with Gasteiger partial charge >= 0.3 is 12.1 Å². The molecule has 2 atom stereocenters. The van der Waals surface area contributed by atoms with Crippen molar-refractivity contribution in [1.82, 2.24) is 4.90 Å². The van der Waals surface area contributed by atoms with Crippen LogP contribution in [0.3, 0.4) is 0 Å². The maximum absolute atomic E-state index is 12.4. The molecule has 0 radical (unpaired) electrons. The van der Waals surface area contributed by atoms with E-state index in [9.17, 15) is 18.0 Å². The van der Waals surface area contributed by atoms with Gasteiger partial charge in [0.25, 0.3) is 0 Å². The van der Waals surface area contributed by atoms with Crippen molar-refractivity contribution in [3.8, 4) is 0 Å². The summed E-state index contributed by atoms with van der Waals surface area (Å²) in [4.78, 5) is 11.7. The molecule has 6 heteroatoms. The molecule has 1 N–H and O–H groups in total. The van der Waals surface area contributed by atoms with Crippen LogP contribution < -0.4 is 0 Å². The highest BCUT2D eigenvalue weighted by Gasteiger charge is 2.37. The SMILES string of the molecule is CC1CCCCC1N(CC(=O)O)CC(F)(F)F. The predicted molar refractivity (Wildman–Crippen MR) is 56.7 cm³/mol. The second kappa shape index (κ2) is 5.71. The molecule has 0 aromatic rings. The molecule has 0 amide bonds. The van der Waals surface area contributed by atoms with Crippen molar-refractivity contribution < 1.29 is 23.1 Å². The Balaban J connectivity index is 2.70. The minimum atomic E-state index is -4.34. The lowest BCUT2D eigenvalue weighted by Gasteiger charge is -2.38. The third-order valence-corrected chi connectivity index (χ3v) is 3.26. The summed E-state index contributed by atoms with van der Waals surface area (Å²) in [7, 11) is 0. The molecule has 1 aliphatic rings. The van der Waals surface area contributed by atoms with Gasteiger partial charge in [-0.1, -0.05) is 19.8 Å². The normalized spacial score (nSPS) is 26.2. The highest BCUT2D eigenvalue weighted by Crippen LogP contribution is 2.30. The maximum atomic E-state index is 12.4. The molecule has 0 heterocycles. The van der Waals surface area contributed by atoms with Gasteiger partial charge < -0.3 is 5.11 Å². The summed E-state index contributed by atoms with van der Waals surface area (Å²) >= 11 is 0. The van der Waals surface area contributed by atoms with E-state index in [1.807, 2.05) is 6.92 Å². The molecule has 0 saturated heterocycles. The number of halogens is 3. The van der Waals surface area contributed by atoms with Gasteiger partial charge in [-0.05, 0) is 18.8 Å². The van der Waals surface area contributed by atoms with E-state index in [4.69, 9.17) is 5.11 Å². The van der Waals surface area contributed by atoms with Crippen LogP contribution in [0.1, 0.15) is 32.6 Å². The number of hydrogen-bond acceptors (Lipinski definition) is 2. The predicted octanol–water partition coefficient (Wildman–Crippen LogP) is 2.51. The molecular weight excluding hydrogens is 235 g/mol. The highest BCUT2D eigenvalue weighted by molar-refractivity contribution is 5.69. The average molecular weight is 253 g/mol. The third kappa shape index (κ3) is 4.93. The fourth-order valence-electron chi connectivity index (χ4n) is 2.53. The zero-order chi connectivity index (χ0) is 13.1. The number of alkyl halides is 3. The van der Waals surface area contributed by atoms with Crippen molar-refractivity contribution in [3.63, 3.8) is 0 Å². The van der Waals surface area contributed by atoms with Crippen molar-refractivity contribution in [2.24, 2.45) is 5.92 Å². The van der Waals surface area contributed by atoms with Crippen molar-refractivity contribution in [2.45, 2.75) is 44.8 Å². The molecule has 100 valence electrons. The van der Waals surface area contributed by atoms with E-state index in [1.54, 1.807) is 0 Å². The first-order chi connectivity index (χ1) is 7.79. The molecule has 1 rings (SSSR count). The monoisotopic (exact) mass is 253 g/mol.